The van der Waals surface area contributed by atoms with Crippen molar-refractivity contribution in [2.45, 2.75) is 50.5 Å². The van der Waals surface area contributed by atoms with Gasteiger partial charge in [-0.15, -0.1) is 0 Å². The maximum Gasteiger partial charge on any atom is 0.335 e. The number of hydrogen-bond donors (Lipinski definition) is 3. The van der Waals surface area contributed by atoms with Gasteiger partial charge in [-0.3, -0.25) is 19.4 Å². The highest BCUT2D eigenvalue weighted by Crippen LogP contribution is 2.28. The molecule has 0 aromatic heterocycles. The van der Waals surface area contributed by atoms with Crippen LogP contribution in [0.15, 0.2) is 48.5 Å². The van der Waals surface area contributed by atoms with Crippen LogP contribution in [-0.2, 0) is 22.7 Å². The number of carbonyl (C=O) groups is 3. The minimum absolute atomic E-state index is 0.00947. The number of likely N-dealkylation sites (N-methyl/N-ethyl adjacent to an activating group) is 1. The summed E-state index contributed by atoms with van der Waals surface area (Å²) in [6.07, 6.45) is 1.80. The fraction of sp³-hybridized carbons (Fsp3) is 0.423. The molecule has 0 radical (unpaired) electrons. The standard InChI is InChI=1S/C26H31FN4O4/c1-30-21(10-11-23(32)28-14-17-4-8-20(27)9-5-17)15-29-25(33)24-22(30)12-13-31(24)16-18-2-6-19(7-3-18)26(34)35/h2-9,21-22,24H,10-16H2,1H3,(H,28,32)(H,29,33)(H,34,35)/t21-,22-,24-/m0/s1. The number of carboxylic acid groups (broad SMARTS) is 1. The molecule has 9 heteroatoms. The van der Waals surface area contributed by atoms with Gasteiger partial charge in [0.05, 0.1) is 5.56 Å². The quantitative estimate of drug-likeness (QED) is 0.532. The van der Waals surface area contributed by atoms with Gasteiger partial charge in [-0.2, -0.15) is 0 Å². The molecule has 2 aromatic rings. The molecule has 186 valence electrons. The minimum Gasteiger partial charge on any atom is -0.478 e. The van der Waals surface area contributed by atoms with Gasteiger partial charge in [0.15, 0.2) is 0 Å². The summed E-state index contributed by atoms with van der Waals surface area (Å²) in [7, 11) is 2.02. The number of rotatable bonds is 8. The smallest absolute Gasteiger partial charge is 0.335 e. The summed E-state index contributed by atoms with van der Waals surface area (Å²) in [4.78, 5) is 40.8. The lowest BCUT2D eigenvalue weighted by atomic mass is 10.0. The lowest BCUT2D eigenvalue weighted by Crippen LogP contribution is -2.49. The van der Waals surface area contributed by atoms with Gasteiger partial charge in [-0.25, -0.2) is 9.18 Å². The summed E-state index contributed by atoms with van der Waals surface area (Å²) in [5.41, 5.74) is 2.04. The van der Waals surface area contributed by atoms with Crippen LogP contribution in [0.2, 0.25) is 0 Å². The van der Waals surface area contributed by atoms with Crippen LogP contribution in [0.1, 0.15) is 40.7 Å². The number of nitrogens with one attached hydrogen (secondary N) is 2. The van der Waals surface area contributed by atoms with Crippen molar-refractivity contribution in [3.8, 4) is 0 Å². The first-order chi connectivity index (χ1) is 16.8. The van der Waals surface area contributed by atoms with E-state index < -0.39 is 5.97 Å². The second kappa shape index (κ2) is 11.0. The average Bonchev–Trinajstić information content (AvgIpc) is 3.22. The Balaban J connectivity index is 1.32. The summed E-state index contributed by atoms with van der Waals surface area (Å²) in [6.45, 7) is 2.16. The number of amides is 2. The highest BCUT2D eigenvalue weighted by atomic mass is 19.1. The molecule has 0 bridgehead atoms. The van der Waals surface area contributed by atoms with Crippen LogP contribution >= 0.6 is 0 Å². The van der Waals surface area contributed by atoms with E-state index in [2.05, 4.69) is 20.4 Å². The molecular formula is C26H31FN4O4. The molecule has 0 unspecified atom stereocenters. The highest BCUT2D eigenvalue weighted by Gasteiger charge is 2.44. The molecule has 2 aromatic carbocycles. The Hall–Kier alpha value is -3.30. The molecule has 3 atom stereocenters. The molecule has 4 rings (SSSR count). The van der Waals surface area contributed by atoms with Crippen LogP contribution in [0.4, 0.5) is 4.39 Å². The Labute approximate surface area is 204 Å². The van der Waals surface area contributed by atoms with Gasteiger partial charge in [0.2, 0.25) is 11.8 Å². The van der Waals surface area contributed by atoms with Gasteiger partial charge in [0, 0.05) is 44.7 Å². The summed E-state index contributed by atoms with van der Waals surface area (Å²) < 4.78 is 13.0. The number of benzene rings is 2. The van der Waals surface area contributed by atoms with E-state index in [-0.39, 0.29) is 41.3 Å². The van der Waals surface area contributed by atoms with Crippen LogP contribution < -0.4 is 10.6 Å². The topological polar surface area (TPSA) is 102 Å². The maximum absolute atomic E-state index is 13.0. The van der Waals surface area contributed by atoms with Crippen molar-refractivity contribution in [1.82, 2.24) is 20.4 Å². The minimum atomic E-state index is -0.960. The fourth-order valence-corrected chi connectivity index (χ4v) is 5.00. The van der Waals surface area contributed by atoms with Gasteiger partial charge >= 0.3 is 5.97 Å². The van der Waals surface area contributed by atoms with Crippen LogP contribution in [0, 0.1) is 5.82 Å². The summed E-state index contributed by atoms with van der Waals surface area (Å²) in [5.74, 6) is -1.35. The van der Waals surface area contributed by atoms with E-state index in [0.717, 1.165) is 24.1 Å². The molecule has 0 saturated carbocycles. The Bertz CT molecular complexity index is 1060. The van der Waals surface area contributed by atoms with E-state index >= 15 is 0 Å². The molecular weight excluding hydrogens is 451 g/mol. The molecule has 3 N–H and O–H groups in total. The maximum atomic E-state index is 13.0. The van der Waals surface area contributed by atoms with E-state index in [1.165, 1.54) is 12.1 Å². The Morgan fingerprint density at radius 2 is 1.80 bits per heavy atom. The van der Waals surface area contributed by atoms with Crippen molar-refractivity contribution in [1.29, 1.82) is 0 Å². The lowest BCUT2D eigenvalue weighted by molar-refractivity contribution is -0.126. The van der Waals surface area contributed by atoms with Gasteiger partial charge < -0.3 is 15.7 Å². The van der Waals surface area contributed by atoms with Crippen molar-refractivity contribution in [3.63, 3.8) is 0 Å². The Morgan fingerprint density at radius 3 is 2.49 bits per heavy atom. The van der Waals surface area contributed by atoms with E-state index in [1.54, 1.807) is 36.4 Å². The molecule has 2 saturated heterocycles. The monoisotopic (exact) mass is 482 g/mol. The van der Waals surface area contributed by atoms with Crippen LogP contribution in [-0.4, -0.2) is 71.0 Å². The first kappa shape index (κ1) is 24.8. The molecule has 8 nitrogen and oxygen atoms in total. The van der Waals surface area contributed by atoms with Crippen LogP contribution in [0.25, 0.3) is 0 Å². The number of carboxylic acids is 1. The molecule has 2 aliphatic heterocycles. The molecule has 2 amide bonds. The zero-order valence-electron chi connectivity index (χ0n) is 19.7. The molecule has 0 spiro atoms. The van der Waals surface area contributed by atoms with Gasteiger partial charge in [0.1, 0.15) is 11.9 Å². The summed E-state index contributed by atoms with van der Waals surface area (Å²) in [5, 5.41) is 15.0. The van der Waals surface area contributed by atoms with Crippen molar-refractivity contribution in [3.05, 3.63) is 71.0 Å². The third kappa shape index (κ3) is 6.04. The van der Waals surface area contributed by atoms with Crippen LogP contribution in [0.3, 0.4) is 0 Å². The SMILES string of the molecule is CN1[C@@H](CCC(=O)NCc2ccc(F)cc2)CNC(=O)[C@@H]2[C@@H]1CCN2Cc1ccc(C(=O)O)cc1. The summed E-state index contributed by atoms with van der Waals surface area (Å²) in [6, 6.07) is 12.6. The van der Waals surface area contributed by atoms with E-state index in [0.29, 0.717) is 32.5 Å². The number of aromatic carboxylic acids is 1. The van der Waals surface area contributed by atoms with Crippen molar-refractivity contribution in [2.75, 3.05) is 20.1 Å². The van der Waals surface area contributed by atoms with Crippen molar-refractivity contribution < 1.29 is 23.9 Å². The first-order valence-corrected chi connectivity index (χ1v) is 11.9. The predicted octanol–water partition coefficient (Wildman–Crippen LogP) is 1.99. The number of fused-ring (bicyclic) bond motifs is 1. The normalized spacial score (nSPS) is 22.8. The molecule has 35 heavy (non-hydrogen) atoms. The number of likely N-dealkylation sites (tertiary alicyclic amines) is 1. The summed E-state index contributed by atoms with van der Waals surface area (Å²) >= 11 is 0. The lowest BCUT2D eigenvalue weighted by Gasteiger charge is -2.33. The Morgan fingerprint density at radius 1 is 1.11 bits per heavy atom. The fourth-order valence-electron chi connectivity index (χ4n) is 5.00. The number of carbonyl (C=O) groups excluding carboxylic acids is 2. The zero-order chi connectivity index (χ0) is 24.9. The number of halogens is 1. The van der Waals surface area contributed by atoms with Gasteiger partial charge in [-0.05, 0) is 55.3 Å². The van der Waals surface area contributed by atoms with Gasteiger partial charge in [0.25, 0.3) is 0 Å². The average molecular weight is 483 g/mol. The number of hydrogen-bond acceptors (Lipinski definition) is 5. The van der Waals surface area contributed by atoms with E-state index in [9.17, 15) is 18.8 Å². The van der Waals surface area contributed by atoms with E-state index in [1.807, 2.05) is 7.05 Å². The van der Waals surface area contributed by atoms with Gasteiger partial charge in [-0.1, -0.05) is 24.3 Å². The zero-order valence-corrected chi connectivity index (χ0v) is 19.7. The Kier molecular flexibility index (Phi) is 7.77. The number of nitrogens with zero attached hydrogens (tertiary/aromatic N) is 2. The third-order valence-electron chi connectivity index (χ3n) is 7.04. The molecule has 2 aliphatic rings. The van der Waals surface area contributed by atoms with Crippen LogP contribution in [0.5, 0.6) is 0 Å². The third-order valence-corrected chi connectivity index (χ3v) is 7.04. The van der Waals surface area contributed by atoms with Crippen molar-refractivity contribution >= 4 is 17.8 Å². The van der Waals surface area contributed by atoms with Crippen molar-refractivity contribution in [2.24, 2.45) is 0 Å². The predicted molar refractivity (Wildman–Crippen MR) is 128 cm³/mol. The molecule has 0 aliphatic carbocycles. The molecule has 2 heterocycles. The van der Waals surface area contributed by atoms with E-state index in [4.69, 9.17) is 5.11 Å². The highest BCUT2D eigenvalue weighted by molar-refractivity contribution is 5.87. The first-order valence-electron chi connectivity index (χ1n) is 11.9. The molecule has 2 fully saturated rings. The second-order valence-corrected chi connectivity index (χ2v) is 9.28. The second-order valence-electron chi connectivity index (χ2n) is 9.28. The largest absolute Gasteiger partial charge is 0.478 e.